The van der Waals surface area contributed by atoms with Crippen molar-refractivity contribution in [2.75, 3.05) is 24.2 Å². The van der Waals surface area contributed by atoms with Crippen LogP contribution in [-0.4, -0.2) is 28.5 Å². The summed E-state index contributed by atoms with van der Waals surface area (Å²) in [6.45, 7) is 2.49. The molecule has 0 saturated carbocycles. The molecular formula is C5H10BrNS. The van der Waals surface area contributed by atoms with Crippen LogP contribution in [0.25, 0.3) is 0 Å². The maximum Gasteiger partial charge on any atom is 0.0187 e. The van der Waals surface area contributed by atoms with E-state index < -0.39 is 0 Å². The van der Waals surface area contributed by atoms with E-state index in [2.05, 4.69) is 20.2 Å². The van der Waals surface area contributed by atoms with Crippen LogP contribution in [0.5, 0.6) is 0 Å². The molecule has 1 aliphatic rings. The van der Waals surface area contributed by atoms with E-state index in [0.717, 1.165) is 5.33 Å². The number of hydrogen-bond acceptors (Lipinski definition) is 2. The van der Waals surface area contributed by atoms with Crippen molar-refractivity contribution in [2.24, 2.45) is 0 Å². The number of alkyl halides is 1. The van der Waals surface area contributed by atoms with Crippen molar-refractivity contribution in [2.45, 2.75) is 6.42 Å². The molecule has 3 heteroatoms. The Bertz CT molecular complexity index is 63.4. The summed E-state index contributed by atoms with van der Waals surface area (Å²) in [6.07, 6.45) is 1.37. The summed E-state index contributed by atoms with van der Waals surface area (Å²) in [5, 5.41) is 1.11. The minimum absolute atomic E-state index is 1.11. The van der Waals surface area contributed by atoms with E-state index in [1.54, 1.807) is 0 Å². The van der Waals surface area contributed by atoms with Crippen molar-refractivity contribution in [3.05, 3.63) is 0 Å². The van der Waals surface area contributed by atoms with Crippen LogP contribution in [0, 0.1) is 0 Å². The van der Waals surface area contributed by atoms with Crippen LogP contribution in [0.2, 0.25) is 0 Å². The second kappa shape index (κ2) is 3.75. The third-order valence-corrected chi connectivity index (χ3v) is 2.72. The van der Waals surface area contributed by atoms with Crippen LogP contribution in [0.15, 0.2) is 0 Å². The molecule has 48 valence electrons. The first-order chi connectivity index (χ1) is 3.93. The minimum atomic E-state index is 1.11. The second-order valence-corrected chi connectivity index (χ2v) is 3.78. The zero-order chi connectivity index (χ0) is 5.82. The Morgan fingerprint density at radius 1 is 1.62 bits per heavy atom. The van der Waals surface area contributed by atoms with Gasteiger partial charge in [-0.1, -0.05) is 27.9 Å². The molecule has 1 saturated heterocycles. The fourth-order valence-corrected chi connectivity index (χ4v) is 2.43. The predicted molar refractivity (Wildman–Crippen MR) is 42.4 cm³/mol. The van der Waals surface area contributed by atoms with Crippen LogP contribution in [-0.2, 0) is 0 Å². The number of halogens is 1. The molecule has 0 N–H and O–H groups in total. The minimum Gasteiger partial charge on any atom is -0.250 e. The van der Waals surface area contributed by atoms with Gasteiger partial charge in [-0.05, 0) is 6.42 Å². The molecule has 0 unspecified atom stereocenters. The first-order valence-electron chi connectivity index (χ1n) is 2.87. The molecule has 0 aromatic carbocycles. The molecule has 8 heavy (non-hydrogen) atoms. The van der Waals surface area contributed by atoms with E-state index in [-0.39, 0.29) is 0 Å². The fraction of sp³-hybridized carbons (Fsp3) is 1.00. The average molecular weight is 196 g/mol. The van der Waals surface area contributed by atoms with Gasteiger partial charge in [0.1, 0.15) is 0 Å². The lowest BCUT2D eigenvalue weighted by Crippen LogP contribution is -2.13. The molecule has 0 aromatic rings. The van der Waals surface area contributed by atoms with Crippen LogP contribution < -0.4 is 0 Å². The first-order valence-corrected chi connectivity index (χ1v) is 4.93. The van der Waals surface area contributed by atoms with Crippen molar-refractivity contribution in [3.63, 3.8) is 0 Å². The van der Waals surface area contributed by atoms with Gasteiger partial charge in [-0.3, -0.25) is 0 Å². The van der Waals surface area contributed by atoms with Gasteiger partial charge in [-0.15, -0.1) is 0 Å². The molecule has 0 aromatic heterocycles. The highest BCUT2D eigenvalue weighted by molar-refractivity contribution is 9.09. The highest BCUT2D eigenvalue weighted by atomic mass is 79.9. The molecule has 0 amide bonds. The Kier molecular flexibility index (Phi) is 3.23. The van der Waals surface area contributed by atoms with Crippen LogP contribution in [0.3, 0.4) is 0 Å². The van der Waals surface area contributed by atoms with E-state index in [1.165, 1.54) is 25.3 Å². The Labute approximate surface area is 63.1 Å². The van der Waals surface area contributed by atoms with Crippen molar-refractivity contribution < 1.29 is 0 Å². The van der Waals surface area contributed by atoms with Gasteiger partial charge in [0.15, 0.2) is 0 Å². The van der Waals surface area contributed by atoms with Gasteiger partial charge < -0.3 is 0 Å². The molecule has 1 aliphatic heterocycles. The van der Waals surface area contributed by atoms with Crippen molar-refractivity contribution >= 4 is 27.9 Å². The van der Waals surface area contributed by atoms with E-state index in [1.807, 2.05) is 11.9 Å². The summed E-state index contributed by atoms with van der Waals surface area (Å²) in [5.74, 6) is 1.33. The normalized spacial score (nSPS) is 22.1. The summed E-state index contributed by atoms with van der Waals surface area (Å²) in [7, 11) is 0. The number of hydrogen-bond donors (Lipinski definition) is 0. The molecule has 0 atom stereocenters. The Morgan fingerprint density at radius 2 is 2.50 bits per heavy atom. The highest BCUT2D eigenvalue weighted by Crippen LogP contribution is 2.18. The largest absolute Gasteiger partial charge is 0.250 e. The zero-order valence-electron chi connectivity index (χ0n) is 4.77. The number of rotatable bonds is 2. The average Bonchev–Trinajstić information content (AvgIpc) is 2.19. The highest BCUT2D eigenvalue weighted by Gasteiger charge is 2.09. The molecule has 1 heterocycles. The van der Waals surface area contributed by atoms with Crippen LogP contribution >= 0.6 is 27.9 Å². The SMILES string of the molecule is BrCCN1CCCS1. The molecule has 1 fully saturated rings. The van der Waals surface area contributed by atoms with Gasteiger partial charge in [0.25, 0.3) is 0 Å². The van der Waals surface area contributed by atoms with Crippen molar-refractivity contribution in [3.8, 4) is 0 Å². The quantitative estimate of drug-likeness (QED) is 0.488. The predicted octanol–water partition coefficient (Wildman–Crippen LogP) is 1.74. The van der Waals surface area contributed by atoms with Gasteiger partial charge in [0, 0.05) is 24.2 Å². The van der Waals surface area contributed by atoms with Crippen molar-refractivity contribution in [1.29, 1.82) is 0 Å². The lowest BCUT2D eigenvalue weighted by Gasteiger charge is -2.08. The van der Waals surface area contributed by atoms with Gasteiger partial charge >= 0.3 is 0 Å². The smallest absolute Gasteiger partial charge is 0.0187 e. The third kappa shape index (κ3) is 1.96. The maximum atomic E-state index is 3.40. The lowest BCUT2D eigenvalue weighted by atomic mass is 10.5. The summed E-state index contributed by atoms with van der Waals surface area (Å²) in [6, 6.07) is 0. The molecule has 0 spiro atoms. The Balaban J connectivity index is 2.06. The van der Waals surface area contributed by atoms with E-state index >= 15 is 0 Å². The second-order valence-electron chi connectivity index (χ2n) is 1.80. The van der Waals surface area contributed by atoms with Gasteiger partial charge in [-0.25, -0.2) is 4.31 Å². The van der Waals surface area contributed by atoms with E-state index in [9.17, 15) is 0 Å². The Morgan fingerprint density at radius 3 is 3.00 bits per heavy atom. The molecule has 0 bridgehead atoms. The molecule has 0 aliphatic carbocycles. The first kappa shape index (κ1) is 6.90. The Hall–Kier alpha value is 0.790. The van der Waals surface area contributed by atoms with Gasteiger partial charge in [0.2, 0.25) is 0 Å². The monoisotopic (exact) mass is 195 g/mol. The third-order valence-electron chi connectivity index (χ3n) is 1.16. The van der Waals surface area contributed by atoms with Crippen LogP contribution in [0.4, 0.5) is 0 Å². The van der Waals surface area contributed by atoms with Crippen molar-refractivity contribution in [1.82, 2.24) is 4.31 Å². The summed E-state index contributed by atoms with van der Waals surface area (Å²) < 4.78 is 2.41. The lowest BCUT2D eigenvalue weighted by molar-refractivity contribution is 0.529. The van der Waals surface area contributed by atoms with Gasteiger partial charge in [-0.2, -0.15) is 0 Å². The van der Waals surface area contributed by atoms with Crippen LogP contribution in [0.1, 0.15) is 6.42 Å². The summed E-state index contributed by atoms with van der Waals surface area (Å²) in [5.41, 5.74) is 0. The summed E-state index contributed by atoms with van der Waals surface area (Å²) in [4.78, 5) is 0. The maximum absolute atomic E-state index is 3.40. The van der Waals surface area contributed by atoms with E-state index in [0.29, 0.717) is 0 Å². The fourth-order valence-electron chi connectivity index (χ4n) is 0.770. The number of nitrogens with zero attached hydrogens (tertiary/aromatic N) is 1. The molecule has 1 rings (SSSR count). The van der Waals surface area contributed by atoms with Gasteiger partial charge in [0.05, 0.1) is 0 Å². The summed E-state index contributed by atoms with van der Waals surface area (Å²) >= 11 is 5.37. The topological polar surface area (TPSA) is 3.24 Å². The van der Waals surface area contributed by atoms with E-state index in [4.69, 9.17) is 0 Å². The zero-order valence-corrected chi connectivity index (χ0v) is 7.17. The standard InChI is InChI=1S/C5H10BrNS/c6-2-4-7-3-1-5-8-7/h1-5H2. The molecule has 1 nitrogen and oxygen atoms in total. The molecule has 0 radical (unpaired) electrons. The molecular weight excluding hydrogens is 186 g/mol.